The average Bonchev–Trinajstić information content (AvgIpc) is 2.67. The number of aliphatic hydroxyl groups excluding tert-OH is 1. The molecule has 2 saturated carbocycles. The number of primary amides is 1. The van der Waals surface area contributed by atoms with Crippen molar-refractivity contribution < 1.29 is 14.7 Å². The first kappa shape index (κ1) is 19.6. The van der Waals surface area contributed by atoms with Gasteiger partial charge in [0.2, 0.25) is 0 Å². The molecule has 1 saturated heterocycles. The van der Waals surface area contributed by atoms with Crippen LogP contribution in [0.2, 0.25) is 0 Å². The fourth-order valence-electron chi connectivity index (χ4n) is 5.22. The molecule has 0 aromatic rings. The number of aliphatic hydroxyl groups is 1. The monoisotopic (exact) mass is 365 g/mol. The number of rotatable bonds is 4. The van der Waals surface area contributed by atoms with E-state index in [1.54, 1.807) is 4.90 Å². The van der Waals surface area contributed by atoms with Gasteiger partial charge in [0, 0.05) is 31.7 Å². The minimum atomic E-state index is -0.842. The van der Waals surface area contributed by atoms with Crippen LogP contribution >= 0.6 is 0 Å². The third-order valence-corrected chi connectivity index (χ3v) is 6.69. The zero-order chi connectivity index (χ0) is 18.5. The van der Waals surface area contributed by atoms with E-state index in [1.165, 1.54) is 32.1 Å². The first-order valence-electron chi connectivity index (χ1n) is 10.6. The maximum absolute atomic E-state index is 12.1. The lowest BCUT2D eigenvalue weighted by Gasteiger charge is -2.46. The number of nitrogens with zero attached hydrogens (tertiary/aromatic N) is 2. The standard InChI is InChI=1S/C20H35N3O3/c21-19(25)20(26)22-12-4-7-17(14-22)23(13-15-5-2-1-3-6-15)16-8-10-18(24)11-9-16/h15-18,24H,1-14H2,(H2,21,25). The Bertz CT molecular complexity index is 485. The molecule has 1 heterocycles. The van der Waals surface area contributed by atoms with Crippen molar-refractivity contribution in [1.29, 1.82) is 0 Å². The van der Waals surface area contributed by atoms with E-state index in [9.17, 15) is 14.7 Å². The van der Waals surface area contributed by atoms with Gasteiger partial charge in [0.25, 0.3) is 0 Å². The number of hydrogen-bond donors (Lipinski definition) is 2. The number of likely N-dealkylation sites (tertiary alicyclic amines) is 1. The van der Waals surface area contributed by atoms with Crippen LogP contribution in [-0.2, 0) is 9.59 Å². The Morgan fingerprint density at radius 2 is 1.62 bits per heavy atom. The Morgan fingerprint density at radius 1 is 0.923 bits per heavy atom. The smallest absolute Gasteiger partial charge is 0.311 e. The summed E-state index contributed by atoms with van der Waals surface area (Å²) in [5, 5.41) is 9.89. The summed E-state index contributed by atoms with van der Waals surface area (Å²) < 4.78 is 0. The fourth-order valence-corrected chi connectivity index (χ4v) is 5.22. The van der Waals surface area contributed by atoms with E-state index in [1.807, 2.05) is 0 Å². The second-order valence-electron chi connectivity index (χ2n) is 8.57. The summed E-state index contributed by atoms with van der Waals surface area (Å²) in [4.78, 5) is 27.7. The van der Waals surface area contributed by atoms with E-state index in [2.05, 4.69) is 4.90 Å². The molecular formula is C20H35N3O3. The van der Waals surface area contributed by atoms with E-state index in [0.717, 1.165) is 51.0 Å². The number of piperidine rings is 1. The summed E-state index contributed by atoms with van der Waals surface area (Å²) >= 11 is 0. The van der Waals surface area contributed by atoms with Crippen molar-refractivity contribution in [2.75, 3.05) is 19.6 Å². The van der Waals surface area contributed by atoms with E-state index >= 15 is 0 Å². The maximum Gasteiger partial charge on any atom is 0.311 e. The van der Waals surface area contributed by atoms with Crippen molar-refractivity contribution in [2.24, 2.45) is 11.7 Å². The molecule has 1 atom stereocenters. The van der Waals surface area contributed by atoms with Gasteiger partial charge in [0.1, 0.15) is 0 Å². The second-order valence-corrected chi connectivity index (χ2v) is 8.57. The molecule has 6 heteroatoms. The lowest BCUT2D eigenvalue weighted by molar-refractivity contribution is -0.145. The number of hydrogen-bond acceptors (Lipinski definition) is 4. The molecule has 1 aliphatic heterocycles. The topological polar surface area (TPSA) is 86.9 Å². The molecule has 6 nitrogen and oxygen atoms in total. The van der Waals surface area contributed by atoms with Crippen LogP contribution in [0.1, 0.15) is 70.6 Å². The highest BCUT2D eigenvalue weighted by Crippen LogP contribution is 2.32. The van der Waals surface area contributed by atoms with Crippen molar-refractivity contribution in [2.45, 2.75) is 88.8 Å². The van der Waals surface area contributed by atoms with Crippen LogP contribution in [-0.4, -0.2) is 64.5 Å². The highest BCUT2D eigenvalue weighted by molar-refractivity contribution is 6.34. The lowest BCUT2D eigenvalue weighted by Crippen LogP contribution is -2.56. The van der Waals surface area contributed by atoms with E-state index in [4.69, 9.17) is 5.73 Å². The Labute approximate surface area is 157 Å². The van der Waals surface area contributed by atoms with Gasteiger partial charge >= 0.3 is 11.8 Å². The molecule has 0 aromatic carbocycles. The number of amides is 2. The molecule has 1 unspecified atom stereocenters. The third-order valence-electron chi connectivity index (χ3n) is 6.69. The maximum atomic E-state index is 12.1. The molecular weight excluding hydrogens is 330 g/mol. The predicted octanol–water partition coefficient (Wildman–Crippen LogP) is 1.65. The Morgan fingerprint density at radius 3 is 2.27 bits per heavy atom. The van der Waals surface area contributed by atoms with Gasteiger partial charge in [-0.05, 0) is 57.3 Å². The normalized spacial score (nSPS) is 31.2. The SMILES string of the molecule is NC(=O)C(=O)N1CCCC(N(CC2CCCCC2)C2CCC(O)CC2)C1. The van der Waals surface area contributed by atoms with E-state index < -0.39 is 11.8 Å². The second kappa shape index (κ2) is 9.18. The quantitative estimate of drug-likeness (QED) is 0.742. The molecule has 0 aromatic heterocycles. The summed E-state index contributed by atoms with van der Waals surface area (Å²) in [6, 6.07) is 0.808. The van der Waals surface area contributed by atoms with Crippen LogP contribution in [0.15, 0.2) is 0 Å². The molecule has 0 radical (unpaired) electrons. The molecule has 2 aliphatic carbocycles. The van der Waals surface area contributed by atoms with Crippen LogP contribution in [0.3, 0.4) is 0 Å². The number of carbonyl (C=O) groups is 2. The Hall–Kier alpha value is -1.14. The predicted molar refractivity (Wildman–Crippen MR) is 100 cm³/mol. The molecule has 0 spiro atoms. The zero-order valence-electron chi connectivity index (χ0n) is 15.9. The largest absolute Gasteiger partial charge is 0.393 e. The molecule has 148 valence electrons. The number of nitrogens with two attached hydrogens (primary N) is 1. The summed E-state index contributed by atoms with van der Waals surface area (Å²) in [6.45, 7) is 2.36. The van der Waals surface area contributed by atoms with Crippen molar-refractivity contribution >= 4 is 11.8 Å². The summed E-state index contributed by atoms with van der Waals surface area (Å²) in [6.07, 6.45) is 12.3. The van der Waals surface area contributed by atoms with Crippen molar-refractivity contribution in [3.63, 3.8) is 0 Å². The van der Waals surface area contributed by atoms with Gasteiger partial charge in [0.05, 0.1) is 6.10 Å². The average molecular weight is 366 g/mol. The van der Waals surface area contributed by atoms with Crippen LogP contribution in [0.4, 0.5) is 0 Å². The zero-order valence-corrected chi connectivity index (χ0v) is 15.9. The minimum Gasteiger partial charge on any atom is -0.393 e. The molecule has 3 rings (SSSR count). The van der Waals surface area contributed by atoms with Crippen molar-refractivity contribution in [1.82, 2.24) is 9.80 Å². The molecule has 3 fully saturated rings. The molecule has 3 aliphatic rings. The molecule has 2 amide bonds. The molecule has 0 bridgehead atoms. The highest BCUT2D eigenvalue weighted by atomic mass is 16.3. The first-order chi connectivity index (χ1) is 12.5. The van der Waals surface area contributed by atoms with Gasteiger partial charge in [-0.25, -0.2) is 0 Å². The van der Waals surface area contributed by atoms with Gasteiger partial charge in [-0.1, -0.05) is 19.3 Å². The van der Waals surface area contributed by atoms with Gasteiger partial charge in [0.15, 0.2) is 0 Å². The lowest BCUT2D eigenvalue weighted by atomic mass is 9.85. The Balaban J connectivity index is 1.68. The van der Waals surface area contributed by atoms with Gasteiger partial charge in [-0.3, -0.25) is 14.5 Å². The summed E-state index contributed by atoms with van der Waals surface area (Å²) in [5.41, 5.74) is 5.22. The molecule has 3 N–H and O–H groups in total. The summed E-state index contributed by atoms with van der Waals surface area (Å²) in [7, 11) is 0. The first-order valence-corrected chi connectivity index (χ1v) is 10.6. The van der Waals surface area contributed by atoms with Crippen LogP contribution in [0, 0.1) is 5.92 Å². The van der Waals surface area contributed by atoms with Crippen molar-refractivity contribution in [3.8, 4) is 0 Å². The minimum absolute atomic E-state index is 0.151. The number of carbonyl (C=O) groups excluding carboxylic acids is 2. The van der Waals surface area contributed by atoms with Crippen molar-refractivity contribution in [3.05, 3.63) is 0 Å². The van der Waals surface area contributed by atoms with E-state index in [-0.39, 0.29) is 6.10 Å². The van der Waals surface area contributed by atoms with Crippen LogP contribution in [0.25, 0.3) is 0 Å². The Kier molecular flexibility index (Phi) is 6.92. The summed E-state index contributed by atoms with van der Waals surface area (Å²) in [5.74, 6) is -0.630. The van der Waals surface area contributed by atoms with Gasteiger partial charge in [-0.15, -0.1) is 0 Å². The van der Waals surface area contributed by atoms with E-state index in [0.29, 0.717) is 25.2 Å². The van der Waals surface area contributed by atoms with Crippen LogP contribution < -0.4 is 5.73 Å². The van der Waals surface area contributed by atoms with Gasteiger partial charge in [-0.2, -0.15) is 0 Å². The fraction of sp³-hybridized carbons (Fsp3) is 0.900. The molecule has 26 heavy (non-hydrogen) atoms. The highest BCUT2D eigenvalue weighted by Gasteiger charge is 2.35. The van der Waals surface area contributed by atoms with Gasteiger partial charge < -0.3 is 15.7 Å². The van der Waals surface area contributed by atoms with Crippen LogP contribution in [0.5, 0.6) is 0 Å². The third kappa shape index (κ3) is 4.97.